The normalized spacial score (nSPS) is 13.5. The molecule has 17 heavy (non-hydrogen) atoms. The van der Waals surface area contributed by atoms with Gasteiger partial charge in [-0.25, -0.2) is 12.8 Å². The monoisotopic (exact) mass is 261 g/mol. The van der Waals surface area contributed by atoms with Crippen LogP contribution < -0.4 is 10.5 Å². The van der Waals surface area contributed by atoms with Crippen molar-refractivity contribution in [3.8, 4) is 5.75 Å². The average Bonchev–Trinajstić information content (AvgIpc) is 2.14. The first-order valence-corrected chi connectivity index (χ1v) is 6.97. The van der Waals surface area contributed by atoms with Gasteiger partial charge in [0.25, 0.3) is 0 Å². The number of hydrogen-bond acceptors (Lipinski definition) is 4. The van der Waals surface area contributed by atoms with Gasteiger partial charge in [-0.1, -0.05) is 0 Å². The summed E-state index contributed by atoms with van der Waals surface area (Å²) >= 11 is 0. The second kappa shape index (κ2) is 5.01. The van der Waals surface area contributed by atoms with Gasteiger partial charge in [-0.3, -0.25) is 0 Å². The molecule has 0 saturated carbocycles. The predicted octanol–water partition coefficient (Wildman–Crippen LogP) is 1.13. The molecule has 1 atom stereocenters. The van der Waals surface area contributed by atoms with Crippen LogP contribution in [-0.4, -0.2) is 27.8 Å². The molecular formula is C11H16FNO3S. The Labute approximate surface area is 101 Å². The van der Waals surface area contributed by atoms with Gasteiger partial charge in [-0.2, -0.15) is 0 Å². The van der Waals surface area contributed by atoms with Gasteiger partial charge in [0.15, 0.2) is 9.84 Å². The fourth-order valence-electron chi connectivity index (χ4n) is 1.56. The highest BCUT2D eigenvalue weighted by atomic mass is 32.2. The Hall–Kier alpha value is -1.14. The maximum absolute atomic E-state index is 13.6. The van der Waals surface area contributed by atoms with E-state index in [1.54, 1.807) is 6.92 Å². The smallest absolute Gasteiger partial charge is 0.178 e. The Morgan fingerprint density at radius 3 is 2.47 bits per heavy atom. The fraction of sp³-hybridized carbons (Fsp3) is 0.455. The van der Waals surface area contributed by atoms with Gasteiger partial charge in [-0.15, -0.1) is 0 Å². The second-order valence-corrected chi connectivity index (χ2v) is 6.03. The van der Waals surface area contributed by atoms with Crippen molar-refractivity contribution >= 4 is 9.84 Å². The molecule has 0 amide bonds. The van der Waals surface area contributed by atoms with Crippen molar-refractivity contribution in [2.75, 3.05) is 13.4 Å². The minimum Gasteiger partial charge on any atom is -0.496 e. The van der Waals surface area contributed by atoms with Gasteiger partial charge in [-0.05, 0) is 25.0 Å². The summed E-state index contributed by atoms with van der Waals surface area (Å²) in [6.45, 7) is 1.78. The van der Waals surface area contributed by atoms with Crippen LogP contribution in [0.25, 0.3) is 0 Å². The minimum atomic E-state index is -3.60. The number of methoxy groups -OCH3 is 1. The highest BCUT2D eigenvalue weighted by Gasteiger charge is 2.18. The van der Waals surface area contributed by atoms with E-state index in [1.165, 1.54) is 19.2 Å². The fourth-order valence-corrected chi connectivity index (χ4v) is 2.29. The molecular weight excluding hydrogens is 245 g/mol. The summed E-state index contributed by atoms with van der Waals surface area (Å²) in [7, 11) is -2.19. The van der Waals surface area contributed by atoms with Gasteiger partial charge >= 0.3 is 0 Å². The molecule has 1 rings (SSSR count). The quantitative estimate of drug-likeness (QED) is 0.882. The van der Waals surface area contributed by atoms with E-state index in [1.807, 2.05) is 0 Å². The largest absolute Gasteiger partial charge is 0.496 e. The Morgan fingerprint density at radius 1 is 1.47 bits per heavy atom. The number of benzene rings is 1. The standard InChI is InChI=1S/C11H16FNO3S/c1-7(13)4-8-5-9(12)11(17(3,14)15)6-10(8)16-2/h5-7H,4,13H2,1-3H3. The highest BCUT2D eigenvalue weighted by molar-refractivity contribution is 7.90. The van der Waals surface area contributed by atoms with Gasteiger partial charge in [0, 0.05) is 18.4 Å². The van der Waals surface area contributed by atoms with Gasteiger partial charge in [0.05, 0.1) is 7.11 Å². The van der Waals surface area contributed by atoms with E-state index in [-0.39, 0.29) is 10.9 Å². The van der Waals surface area contributed by atoms with Crippen LogP contribution in [0.4, 0.5) is 4.39 Å². The van der Waals surface area contributed by atoms with Crippen LogP contribution in [0.15, 0.2) is 17.0 Å². The van der Waals surface area contributed by atoms with Crippen LogP contribution in [0.2, 0.25) is 0 Å². The number of rotatable bonds is 4. The molecule has 96 valence electrons. The molecule has 4 nitrogen and oxygen atoms in total. The SMILES string of the molecule is COc1cc(S(C)(=O)=O)c(F)cc1CC(C)N. The summed E-state index contributed by atoms with van der Waals surface area (Å²) in [6.07, 6.45) is 1.38. The predicted molar refractivity (Wildman–Crippen MR) is 63.4 cm³/mol. The molecule has 1 unspecified atom stereocenters. The Bertz CT molecular complexity index is 512. The first-order chi connectivity index (χ1) is 7.75. The lowest BCUT2D eigenvalue weighted by Crippen LogP contribution is -2.18. The molecule has 0 saturated heterocycles. The van der Waals surface area contributed by atoms with Gasteiger partial charge in [0.2, 0.25) is 0 Å². The summed E-state index contributed by atoms with van der Waals surface area (Å²) in [5.74, 6) is -0.437. The van der Waals surface area contributed by atoms with Crippen molar-refractivity contribution in [3.63, 3.8) is 0 Å². The van der Waals surface area contributed by atoms with Crippen molar-refractivity contribution in [2.45, 2.75) is 24.3 Å². The van der Waals surface area contributed by atoms with Crippen LogP contribution >= 0.6 is 0 Å². The maximum atomic E-state index is 13.6. The van der Waals surface area contributed by atoms with Gasteiger partial charge in [0.1, 0.15) is 16.5 Å². The molecule has 0 bridgehead atoms. The molecule has 0 aliphatic carbocycles. The average molecular weight is 261 g/mol. The lowest BCUT2D eigenvalue weighted by molar-refractivity contribution is 0.404. The Kier molecular flexibility index (Phi) is 4.11. The summed E-state index contributed by atoms with van der Waals surface area (Å²) in [6, 6.07) is 2.20. The van der Waals surface area contributed by atoms with Gasteiger partial charge < -0.3 is 10.5 Å². The van der Waals surface area contributed by atoms with Crippen LogP contribution in [-0.2, 0) is 16.3 Å². The number of hydrogen-bond donors (Lipinski definition) is 1. The van der Waals surface area contributed by atoms with Crippen LogP contribution in [0.1, 0.15) is 12.5 Å². The van der Waals surface area contributed by atoms with E-state index in [0.29, 0.717) is 17.7 Å². The van der Waals surface area contributed by atoms with E-state index in [9.17, 15) is 12.8 Å². The number of nitrogens with two attached hydrogens (primary N) is 1. The first-order valence-electron chi connectivity index (χ1n) is 5.07. The van der Waals surface area contributed by atoms with Crippen LogP contribution in [0, 0.1) is 5.82 Å². The van der Waals surface area contributed by atoms with Crippen molar-refractivity contribution in [1.29, 1.82) is 0 Å². The molecule has 6 heteroatoms. The van der Waals surface area contributed by atoms with E-state index < -0.39 is 15.7 Å². The summed E-state index contributed by atoms with van der Waals surface area (Å²) < 4.78 is 41.4. The molecule has 0 radical (unpaired) electrons. The molecule has 2 N–H and O–H groups in total. The zero-order valence-electron chi connectivity index (χ0n) is 10.0. The van der Waals surface area contributed by atoms with E-state index in [2.05, 4.69) is 0 Å². The lowest BCUT2D eigenvalue weighted by Gasteiger charge is -2.12. The van der Waals surface area contributed by atoms with Crippen molar-refractivity contribution in [2.24, 2.45) is 5.73 Å². The molecule has 0 spiro atoms. The summed E-state index contributed by atoms with van der Waals surface area (Å²) in [5, 5.41) is 0. The maximum Gasteiger partial charge on any atom is 0.178 e. The van der Waals surface area contributed by atoms with Crippen LogP contribution in [0.3, 0.4) is 0 Å². The van der Waals surface area contributed by atoms with Crippen molar-refractivity contribution in [3.05, 3.63) is 23.5 Å². The highest BCUT2D eigenvalue weighted by Crippen LogP contribution is 2.26. The number of ether oxygens (including phenoxy) is 1. The molecule has 0 aliphatic heterocycles. The van der Waals surface area contributed by atoms with Crippen LogP contribution in [0.5, 0.6) is 5.75 Å². The minimum absolute atomic E-state index is 0.160. The summed E-state index contributed by atoms with van der Waals surface area (Å²) in [4.78, 5) is -0.359. The zero-order valence-corrected chi connectivity index (χ0v) is 10.8. The molecule has 1 aromatic carbocycles. The van der Waals surface area contributed by atoms with E-state index >= 15 is 0 Å². The third-order valence-electron chi connectivity index (χ3n) is 2.28. The van der Waals surface area contributed by atoms with E-state index in [4.69, 9.17) is 10.5 Å². The third kappa shape index (κ3) is 3.41. The Morgan fingerprint density at radius 2 is 2.06 bits per heavy atom. The van der Waals surface area contributed by atoms with Crippen molar-refractivity contribution in [1.82, 2.24) is 0 Å². The molecule has 0 aliphatic rings. The Balaban J connectivity index is 3.35. The third-order valence-corrected chi connectivity index (χ3v) is 3.39. The molecule has 1 aromatic rings. The molecule has 0 heterocycles. The summed E-state index contributed by atoms with van der Waals surface area (Å²) in [5.41, 5.74) is 6.19. The molecule has 0 fully saturated rings. The van der Waals surface area contributed by atoms with Crippen molar-refractivity contribution < 1.29 is 17.5 Å². The first kappa shape index (κ1) is 13.9. The second-order valence-electron chi connectivity index (χ2n) is 4.05. The number of sulfone groups is 1. The molecule has 0 aromatic heterocycles. The number of halogens is 1. The van der Waals surface area contributed by atoms with E-state index in [0.717, 1.165) is 6.26 Å². The lowest BCUT2D eigenvalue weighted by atomic mass is 10.1. The topological polar surface area (TPSA) is 69.4 Å². The zero-order chi connectivity index (χ0) is 13.2.